The Bertz CT molecular complexity index is 646. The monoisotopic (exact) mass is 303 g/mol. The first-order valence-corrected chi connectivity index (χ1v) is 7.47. The molecule has 0 aliphatic carbocycles. The van der Waals surface area contributed by atoms with Crippen LogP contribution in [-0.4, -0.2) is 23.3 Å². The van der Waals surface area contributed by atoms with Crippen molar-refractivity contribution in [2.75, 3.05) is 6.54 Å². The van der Waals surface area contributed by atoms with Gasteiger partial charge in [-0.05, 0) is 25.5 Å². The van der Waals surface area contributed by atoms with Crippen LogP contribution in [0.1, 0.15) is 44.2 Å². The van der Waals surface area contributed by atoms with Crippen molar-refractivity contribution >= 4 is 23.0 Å². The topological polar surface area (TPSA) is 66.4 Å². The molecule has 0 aliphatic rings. The molecule has 2 rings (SSSR count). The molecule has 1 atom stereocenters. The maximum atomic E-state index is 11.9. The predicted molar refractivity (Wildman–Crippen MR) is 82.8 cm³/mol. The number of Topliss-reactive ketones (excluding diaryl/α,β-unsaturated/α-hetero) is 1. The highest BCUT2D eigenvalue weighted by Gasteiger charge is 2.13. The van der Waals surface area contributed by atoms with Gasteiger partial charge in [-0.1, -0.05) is 29.8 Å². The summed E-state index contributed by atoms with van der Waals surface area (Å²) in [5.41, 5.74) is 2.41. The molecule has 1 aromatic carbocycles. The fourth-order valence-corrected chi connectivity index (χ4v) is 2.69. The van der Waals surface area contributed by atoms with Crippen LogP contribution in [0.3, 0.4) is 0 Å². The Hall–Kier alpha value is -1.98. The minimum atomic E-state index is -0.748. The minimum absolute atomic E-state index is 0.0648. The Morgan fingerprint density at radius 1 is 1.29 bits per heavy atom. The Balaban J connectivity index is 1.93. The second-order valence-corrected chi connectivity index (χ2v) is 5.80. The molecule has 5 heteroatoms. The smallest absolute Gasteiger partial charge is 0.261 e. The summed E-state index contributed by atoms with van der Waals surface area (Å²) in [6.07, 6.45) is -0.748. The minimum Gasteiger partial charge on any atom is -0.387 e. The second kappa shape index (κ2) is 6.65. The molecule has 1 unspecified atom stereocenters. The van der Waals surface area contributed by atoms with E-state index >= 15 is 0 Å². The zero-order valence-electron chi connectivity index (χ0n) is 11.9. The highest BCUT2D eigenvalue weighted by molar-refractivity contribution is 7.12. The summed E-state index contributed by atoms with van der Waals surface area (Å²) in [5.74, 6) is -0.344. The number of nitrogens with one attached hydrogen (secondary N) is 1. The van der Waals surface area contributed by atoms with Crippen molar-refractivity contribution < 1.29 is 14.7 Å². The fourth-order valence-electron chi connectivity index (χ4n) is 1.82. The molecule has 0 radical (unpaired) electrons. The van der Waals surface area contributed by atoms with Crippen LogP contribution in [0.2, 0.25) is 0 Å². The lowest BCUT2D eigenvalue weighted by molar-refractivity contribution is 0.0920. The van der Waals surface area contributed by atoms with Crippen LogP contribution in [0.4, 0.5) is 0 Å². The van der Waals surface area contributed by atoms with Crippen molar-refractivity contribution in [3.05, 3.63) is 57.3 Å². The molecule has 21 heavy (non-hydrogen) atoms. The van der Waals surface area contributed by atoms with Gasteiger partial charge < -0.3 is 10.4 Å². The van der Waals surface area contributed by atoms with E-state index in [9.17, 15) is 14.7 Å². The maximum Gasteiger partial charge on any atom is 0.261 e. The molecule has 0 spiro atoms. The number of aliphatic hydroxyl groups excluding tert-OH is 1. The molecule has 4 nitrogen and oxygen atoms in total. The zero-order chi connectivity index (χ0) is 15.4. The Morgan fingerprint density at radius 2 is 1.95 bits per heavy atom. The molecule has 0 bridgehead atoms. The van der Waals surface area contributed by atoms with E-state index in [4.69, 9.17) is 0 Å². The average molecular weight is 303 g/mol. The standard InChI is InChI=1S/C16H17NO3S/c1-10-3-5-12(6-4-10)14(19)8-17-16(20)15-7-13(9-21-15)11(2)18/h3-7,9,14,19H,8H2,1-2H3,(H,17,20). The SMILES string of the molecule is CC(=O)c1csc(C(=O)NCC(O)c2ccc(C)cc2)c1. The van der Waals surface area contributed by atoms with Crippen molar-refractivity contribution in [3.63, 3.8) is 0 Å². The second-order valence-electron chi connectivity index (χ2n) is 4.89. The summed E-state index contributed by atoms with van der Waals surface area (Å²) in [4.78, 5) is 23.6. The van der Waals surface area contributed by atoms with E-state index in [2.05, 4.69) is 5.32 Å². The van der Waals surface area contributed by atoms with Gasteiger partial charge in [0.2, 0.25) is 0 Å². The van der Waals surface area contributed by atoms with Crippen molar-refractivity contribution in [2.24, 2.45) is 0 Å². The van der Waals surface area contributed by atoms with Crippen molar-refractivity contribution in [1.82, 2.24) is 5.32 Å². The molecule has 0 aliphatic heterocycles. The van der Waals surface area contributed by atoms with Gasteiger partial charge in [-0.3, -0.25) is 9.59 Å². The van der Waals surface area contributed by atoms with Crippen molar-refractivity contribution in [1.29, 1.82) is 0 Å². The molecule has 2 aromatic rings. The molecule has 1 amide bonds. The number of hydrogen-bond acceptors (Lipinski definition) is 4. The van der Waals surface area contributed by atoms with Crippen LogP contribution in [0.25, 0.3) is 0 Å². The predicted octanol–water partition coefficient (Wildman–Crippen LogP) is 2.72. The summed E-state index contributed by atoms with van der Waals surface area (Å²) in [7, 11) is 0. The van der Waals surface area contributed by atoms with Gasteiger partial charge in [-0.15, -0.1) is 11.3 Å². The van der Waals surface area contributed by atoms with Crippen LogP contribution in [0.15, 0.2) is 35.7 Å². The van der Waals surface area contributed by atoms with Gasteiger partial charge >= 0.3 is 0 Å². The van der Waals surface area contributed by atoms with E-state index < -0.39 is 6.10 Å². The van der Waals surface area contributed by atoms with E-state index in [0.29, 0.717) is 10.4 Å². The first kappa shape index (κ1) is 15.4. The number of rotatable bonds is 5. The highest BCUT2D eigenvalue weighted by atomic mass is 32.1. The lowest BCUT2D eigenvalue weighted by atomic mass is 10.1. The van der Waals surface area contributed by atoms with Gasteiger partial charge in [0.25, 0.3) is 5.91 Å². The largest absolute Gasteiger partial charge is 0.387 e. The summed E-state index contributed by atoms with van der Waals surface area (Å²) in [6, 6.07) is 9.08. The zero-order valence-corrected chi connectivity index (χ0v) is 12.7. The van der Waals surface area contributed by atoms with Gasteiger partial charge in [-0.25, -0.2) is 0 Å². The van der Waals surface area contributed by atoms with Crippen LogP contribution in [-0.2, 0) is 0 Å². The van der Waals surface area contributed by atoms with Gasteiger partial charge in [0.1, 0.15) is 0 Å². The summed E-state index contributed by atoms with van der Waals surface area (Å²) in [5, 5.41) is 14.4. The number of benzene rings is 1. The number of amides is 1. The normalized spacial score (nSPS) is 12.0. The Labute approximate surface area is 127 Å². The van der Waals surface area contributed by atoms with Crippen LogP contribution >= 0.6 is 11.3 Å². The number of hydrogen-bond donors (Lipinski definition) is 2. The van der Waals surface area contributed by atoms with E-state index in [1.54, 1.807) is 11.4 Å². The van der Waals surface area contributed by atoms with E-state index in [0.717, 1.165) is 11.1 Å². The number of thiophene rings is 1. The summed E-state index contributed by atoms with van der Waals surface area (Å²) < 4.78 is 0. The van der Waals surface area contributed by atoms with Gasteiger partial charge in [0, 0.05) is 17.5 Å². The molecule has 0 saturated carbocycles. The Kier molecular flexibility index (Phi) is 4.88. The van der Waals surface area contributed by atoms with Crippen LogP contribution < -0.4 is 5.32 Å². The average Bonchev–Trinajstić information content (AvgIpc) is 2.95. The molecule has 0 saturated heterocycles. The molecule has 0 fully saturated rings. The van der Waals surface area contributed by atoms with Gasteiger partial charge in [0.05, 0.1) is 11.0 Å². The van der Waals surface area contributed by atoms with E-state index in [1.165, 1.54) is 18.3 Å². The quantitative estimate of drug-likeness (QED) is 0.835. The molecule has 1 aromatic heterocycles. The van der Waals surface area contributed by atoms with Crippen molar-refractivity contribution in [2.45, 2.75) is 20.0 Å². The van der Waals surface area contributed by atoms with Crippen LogP contribution in [0, 0.1) is 6.92 Å². The maximum absolute atomic E-state index is 11.9. The molecular formula is C16H17NO3S. The summed E-state index contributed by atoms with van der Waals surface area (Å²) in [6.45, 7) is 3.57. The highest BCUT2D eigenvalue weighted by Crippen LogP contribution is 2.16. The number of carbonyl (C=O) groups excluding carboxylic acids is 2. The third kappa shape index (κ3) is 4.00. The summed E-state index contributed by atoms with van der Waals surface area (Å²) >= 11 is 1.22. The molecular weight excluding hydrogens is 286 g/mol. The first-order valence-electron chi connectivity index (χ1n) is 6.59. The van der Waals surface area contributed by atoms with Crippen LogP contribution in [0.5, 0.6) is 0 Å². The van der Waals surface area contributed by atoms with Gasteiger partial charge in [-0.2, -0.15) is 0 Å². The lowest BCUT2D eigenvalue weighted by Gasteiger charge is -2.12. The Morgan fingerprint density at radius 3 is 2.52 bits per heavy atom. The fraction of sp³-hybridized carbons (Fsp3) is 0.250. The molecule has 1 heterocycles. The number of aliphatic hydroxyl groups is 1. The molecule has 110 valence electrons. The first-order chi connectivity index (χ1) is 9.97. The molecule has 2 N–H and O–H groups in total. The number of carbonyl (C=O) groups is 2. The lowest BCUT2D eigenvalue weighted by Crippen LogP contribution is -2.27. The number of aryl methyl sites for hydroxylation is 1. The van der Waals surface area contributed by atoms with Crippen molar-refractivity contribution in [3.8, 4) is 0 Å². The third-order valence-electron chi connectivity index (χ3n) is 3.15. The van der Waals surface area contributed by atoms with E-state index in [-0.39, 0.29) is 18.2 Å². The van der Waals surface area contributed by atoms with E-state index in [1.807, 2.05) is 31.2 Å². The third-order valence-corrected chi connectivity index (χ3v) is 4.08. The van der Waals surface area contributed by atoms with Gasteiger partial charge in [0.15, 0.2) is 5.78 Å². The number of ketones is 1.